The van der Waals surface area contributed by atoms with Crippen molar-refractivity contribution in [2.75, 3.05) is 6.54 Å². The lowest BCUT2D eigenvalue weighted by atomic mass is 9.96. The zero-order valence-electron chi connectivity index (χ0n) is 11.6. The number of benzene rings is 2. The van der Waals surface area contributed by atoms with Crippen LogP contribution < -0.4 is 5.32 Å². The first-order valence-corrected chi connectivity index (χ1v) is 7.04. The van der Waals surface area contributed by atoms with E-state index in [0.29, 0.717) is 13.0 Å². The molecule has 4 heteroatoms. The van der Waals surface area contributed by atoms with Crippen molar-refractivity contribution in [2.45, 2.75) is 25.0 Å². The Bertz CT molecular complexity index is 659. The van der Waals surface area contributed by atoms with Crippen molar-refractivity contribution >= 4 is 0 Å². The summed E-state index contributed by atoms with van der Waals surface area (Å²) in [7, 11) is 0. The Morgan fingerprint density at radius 2 is 1.95 bits per heavy atom. The van der Waals surface area contributed by atoms with E-state index in [-0.39, 0.29) is 12.1 Å². The molecule has 0 radical (unpaired) electrons. The highest BCUT2D eigenvalue weighted by Gasteiger charge is 2.35. The summed E-state index contributed by atoms with van der Waals surface area (Å²) in [5.41, 5.74) is 1.42. The van der Waals surface area contributed by atoms with Gasteiger partial charge in [0.25, 0.3) is 0 Å². The van der Waals surface area contributed by atoms with Gasteiger partial charge in [-0.05, 0) is 42.2 Å². The second-order valence-corrected chi connectivity index (χ2v) is 5.53. The molecule has 0 saturated heterocycles. The van der Waals surface area contributed by atoms with Crippen molar-refractivity contribution in [2.24, 2.45) is 0 Å². The van der Waals surface area contributed by atoms with Gasteiger partial charge in [0.2, 0.25) is 0 Å². The van der Waals surface area contributed by atoms with Crippen LogP contribution in [-0.2, 0) is 18.6 Å². The number of fused-ring (bicyclic) bond motifs is 1. The maximum absolute atomic E-state index is 13.5. The summed E-state index contributed by atoms with van der Waals surface area (Å²) in [5.74, 6) is -0.902. The van der Waals surface area contributed by atoms with Gasteiger partial charge in [-0.1, -0.05) is 24.3 Å². The van der Waals surface area contributed by atoms with Gasteiger partial charge in [0.05, 0.1) is 0 Å². The molecule has 2 nitrogen and oxygen atoms in total. The SMILES string of the molecule is OC1(CNCc2cc(F)ccc2F)CCc2ccccc21. The van der Waals surface area contributed by atoms with Crippen LogP contribution in [0.1, 0.15) is 23.1 Å². The molecule has 1 aliphatic rings. The van der Waals surface area contributed by atoms with Crippen LogP contribution in [0.5, 0.6) is 0 Å². The standard InChI is InChI=1S/C17H17F2NO/c18-14-5-6-16(19)13(9-14)10-20-11-17(21)8-7-12-3-1-2-4-15(12)17/h1-6,9,20-21H,7-8,10-11H2. The Morgan fingerprint density at radius 3 is 2.81 bits per heavy atom. The number of aryl methyl sites for hydroxylation is 1. The number of hydrogen-bond donors (Lipinski definition) is 2. The first-order valence-electron chi connectivity index (χ1n) is 7.04. The van der Waals surface area contributed by atoms with Crippen LogP contribution in [0.3, 0.4) is 0 Å². The van der Waals surface area contributed by atoms with Crippen molar-refractivity contribution in [3.63, 3.8) is 0 Å². The van der Waals surface area contributed by atoms with E-state index < -0.39 is 17.2 Å². The molecule has 1 atom stereocenters. The van der Waals surface area contributed by atoms with E-state index >= 15 is 0 Å². The van der Waals surface area contributed by atoms with E-state index in [1.54, 1.807) is 0 Å². The highest BCUT2D eigenvalue weighted by Crippen LogP contribution is 2.36. The van der Waals surface area contributed by atoms with Crippen LogP contribution in [0.4, 0.5) is 8.78 Å². The second-order valence-electron chi connectivity index (χ2n) is 5.53. The van der Waals surface area contributed by atoms with Crippen LogP contribution >= 0.6 is 0 Å². The number of hydrogen-bond acceptors (Lipinski definition) is 2. The van der Waals surface area contributed by atoms with Gasteiger partial charge in [0.1, 0.15) is 17.2 Å². The van der Waals surface area contributed by atoms with Crippen molar-refractivity contribution in [3.8, 4) is 0 Å². The molecule has 110 valence electrons. The monoisotopic (exact) mass is 289 g/mol. The van der Waals surface area contributed by atoms with Crippen LogP contribution in [0.15, 0.2) is 42.5 Å². The Morgan fingerprint density at radius 1 is 1.14 bits per heavy atom. The quantitative estimate of drug-likeness (QED) is 0.907. The van der Waals surface area contributed by atoms with Crippen LogP contribution in [0, 0.1) is 11.6 Å². The van der Waals surface area contributed by atoms with E-state index in [2.05, 4.69) is 5.32 Å². The summed E-state index contributed by atoms with van der Waals surface area (Å²) < 4.78 is 26.6. The summed E-state index contributed by atoms with van der Waals surface area (Å²) in [6, 6.07) is 11.2. The molecule has 0 heterocycles. The summed E-state index contributed by atoms with van der Waals surface area (Å²) in [6.45, 7) is 0.508. The number of aliphatic hydroxyl groups is 1. The fourth-order valence-corrected chi connectivity index (χ4v) is 2.93. The van der Waals surface area contributed by atoms with Crippen molar-refractivity contribution < 1.29 is 13.9 Å². The molecular formula is C17H17F2NO. The number of halogens is 2. The topological polar surface area (TPSA) is 32.3 Å². The maximum Gasteiger partial charge on any atom is 0.127 e. The first kappa shape index (κ1) is 14.2. The molecule has 0 spiro atoms. The Hall–Kier alpha value is -1.78. The third kappa shape index (κ3) is 2.82. The average Bonchev–Trinajstić information content (AvgIpc) is 2.81. The van der Waals surface area contributed by atoms with Gasteiger partial charge in [-0.15, -0.1) is 0 Å². The minimum atomic E-state index is -0.930. The third-order valence-electron chi connectivity index (χ3n) is 4.07. The Labute approximate surface area is 122 Å². The molecule has 0 fully saturated rings. The van der Waals surface area contributed by atoms with Gasteiger partial charge in [0, 0.05) is 18.7 Å². The second kappa shape index (κ2) is 5.54. The molecule has 0 bridgehead atoms. The summed E-state index contributed by atoms with van der Waals surface area (Å²) >= 11 is 0. The minimum Gasteiger partial charge on any atom is -0.384 e. The van der Waals surface area contributed by atoms with Crippen molar-refractivity contribution in [1.29, 1.82) is 0 Å². The molecule has 2 aromatic carbocycles. The number of rotatable bonds is 4. The van der Waals surface area contributed by atoms with Crippen molar-refractivity contribution in [3.05, 3.63) is 70.8 Å². The molecule has 3 rings (SSSR count). The fourth-order valence-electron chi connectivity index (χ4n) is 2.93. The lowest BCUT2D eigenvalue weighted by Gasteiger charge is -2.24. The van der Waals surface area contributed by atoms with Gasteiger partial charge in [0.15, 0.2) is 0 Å². The zero-order valence-corrected chi connectivity index (χ0v) is 11.6. The normalized spacial score (nSPS) is 20.5. The fraction of sp³-hybridized carbons (Fsp3) is 0.294. The van der Waals surface area contributed by atoms with Crippen LogP contribution in [-0.4, -0.2) is 11.7 Å². The molecular weight excluding hydrogens is 272 g/mol. The molecule has 21 heavy (non-hydrogen) atoms. The average molecular weight is 289 g/mol. The lowest BCUT2D eigenvalue weighted by Crippen LogP contribution is -2.36. The number of nitrogens with one attached hydrogen (secondary N) is 1. The van der Waals surface area contributed by atoms with Crippen LogP contribution in [0.2, 0.25) is 0 Å². The molecule has 0 saturated carbocycles. The Kier molecular flexibility index (Phi) is 3.74. The molecule has 1 unspecified atom stereocenters. The Balaban J connectivity index is 1.67. The summed E-state index contributed by atoms with van der Waals surface area (Å²) in [5, 5.41) is 13.8. The van der Waals surface area contributed by atoms with Crippen molar-refractivity contribution in [1.82, 2.24) is 5.32 Å². The predicted octanol–water partition coefficient (Wildman–Crippen LogP) is 2.89. The largest absolute Gasteiger partial charge is 0.384 e. The molecule has 2 N–H and O–H groups in total. The summed E-state index contributed by atoms with van der Waals surface area (Å²) in [6.07, 6.45) is 1.48. The molecule has 0 aliphatic heterocycles. The minimum absolute atomic E-state index is 0.189. The van der Waals surface area contributed by atoms with E-state index in [9.17, 15) is 13.9 Å². The van der Waals surface area contributed by atoms with Crippen LogP contribution in [0.25, 0.3) is 0 Å². The first-order chi connectivity index (χ1) is 10.1. The smallest absolute Gasteiger partial charge is 0.127 e. The lowest BCUT2D eigenvalue weighted by molar-refractivity contribution is 0.0384. The molecule has 0 aromatic heterocycles. The highest BCUT2D eigenvalue weighted by molar-refractivity contribution is 5.37. The van der Waals surface area contributed by atoms with Gasteiger partial charge in [-0.3, -0.25) is 0 Å². The third-order valence-corrected chi connectivity index (χ3v) is 4.07. The van der Waals surface area contributed by atoms with Gasteiger partial charge >= 0.3 is 0 Å². The van der Waals surface area contributed by atoms with E-state index in [4.69, 9.17) is 0 Å². The highest BCUT2D eigenvalue weighted by atomic mass is 19.1. The molecule has 1 aliphatic carbocycles. The van der Waals surface area contributed by atoms with Gasteiger partial charge in [-0.2, -0.15) is 0 Å². The molecule has 2 aromatic rings. The maximum atomic E-state index is 13.5. The summed E-state index contributed by atoms with van der Waals surface area (Å²) in [4.78, 5) is 0. The van der Waals surface area contributed by atoms with Gasteiger partial charge < -0.3 is 10.4 Å². The molecule has 0 amide bonds. The van der Waals surface area contributed by atoms with E-state index in [1.165, 1.54) is 6.07 Å². The predicted molar refractivity (Wildman–Crippen MR) is 76.7 cm³/mol. The van der Waals surface area contributed by atoms with Gasteiger partial charge in [-0.25, -0.2) is 8.78 Å². The zero-order chi connectivity index (χ0) is 14.9. The van der Waals surface area contributed by atoms with E-state index in [1.807, 2.05) is 24.3 Å². The van der Waals surface area contributed by atoms with E-state index in [0.717, 1.165) is 29.7 Å².